The lowest BCUT2D eigenvalue weighted by atomic mass is 9.85. The molecule has 1 unspecified atom stereocenters. The standard InChI is InChI=1S/C12H15F3N2/c13-12(14,15)10-5-2-1-4-9(10)11(8-16)6-3-7-17-11/h1-2,4-5,17H,3,6-8,16H2. The number of nitrogens with one attached hydrogen (secondary N) is 1. The topological polar surface area (TPSA) is 38.0 Å². The molecule has 0 aromatic heterocycles. The van der Waals surface area contributed by atoms with Crippen molar-refractivity contribution >= 4 is 0 Å². The van der Waals surface area contributed by atoms with Crippen LogP contribution >= 0.6 is 0 Å². The van der Waals surface area contributed by atoms with Crippen molar-refractivity contribution in [3.8, 4) is 0 Å². The molecule has 2 nitrogen and oxygen atoms in total. The van der Waals surface area contributed by atoms with Crippen LogP contribution in [0.1, 0.15) is 24.0 Å². The molecular formula is C12H15F3N2. The van der Waals surface area contributed by atoms with Crippen molar-refractivity contribution in [2.24, 2.45) is 5.73 Å². The molecule has 0 aliphatic carbocycles. The molecule has 0 bridgehead atoms. The summed E-state index contributed by atoms with van der Waals surface area (Å²) in [6.07, 6.45) is -2.83. The Hall–Kier alpha value is -1.07. The first-order chi connectivity index (χ1) is 7.99. The van der Waals surface area contributed by atoms with Crippen LogP contribution in [0.4, 0.5) is 13.2 Å². The third-order valence-corrected chi connectivity index (χ3v) is 3.34. The Balaban J connectivity index is 2.51. The van der Waals surface area contributed by atoms with Crippen LogP contribution in [0.15, 0.2) is 24.3 Å². The highest BCUT2D eigenvalue weighted by molar-refractivity contribution is 5.37. The monoisotopic (exact) mass is 244 g/mol. The number of nitrogens with two attached hydrogens (primary N) is 1. The first-order valence-corrected chi connectivity index (χ1v) is 5.61. The van der Waals surface area contributed by atoms with E-state index in [4.69, 9.17) is 5.73 Å². The van der Waals surface area contributed by atoms with Crippen molar-refractivity contribution in [2.75, 3.05) is 13.1 Å². The van der Waals surface area contributed by atoms with Crippen LogP contribution in [-0.2, 0) is 11.7 Å². The van der Waals surface area contributed by atoms with Gasteiger partial charge in [-0.25, -0.2) is 0 Å². The summed E-state index contributed by atoms with van der Waals surface area (Å²) in [5, 5.41) is 3.12. The zero-order valence-electron chi connectivity index (χ0n) is 9.35. The largest absolute Gasteiger partial charge is 0.416 e. The lowest BCUT2D eigenvalue weighted by Crippen LogP contribution is -2.45. The maximum Gasteiger partial charge on any atom is 0.416 e. The molecule has 0 radical (unpaired) electrons. The molecule has 1 heterocycles. The zero-order chi connectivity index (χ0) is 12.5. The molecule has 1 aromatic rings. The molecule has 1 aromatic carbocycles. The highest BCUT2D eigenvalue weighted by Gasteiger charge is 2.42. The van der Waals surface area contributed by atoms with Crippen molar-refractivity contribution in [3.05, 3.63) is 35.4 Å². The summed E-state index contributed by atoms with van der Waals surface area (Å²) in [7, 11) is 0. The van der Waals surface area contributed by atoms with Crippen molar-refractivity contribution in [1.29, 1.82) is 0 Å². The van der Waals surface area contributed by atoms with E-state index >= 15 is 0 Å². The van der Waals surface area contributed by atoms with Crippen LogP contribution in [0.2, 0.25) is 0 Å². The van der Waals surface area contributed by atoms with Gasteiger partial charge in [-0.2, -0.15) is 13.2 Å². The lowest BCUT2D eigenvalue weighted by molar-refractivity contribution is -0.138. The maximum absolute atomic E-state index is 12.9. The quantitative estimate of drug-likeness (QED) is 0.837. The van der Waals surface area contributed by atoms with Crippen LogP contribution in [0.25, 0.3) is 0 Å². The zero-order valence-corrected chi connectivity index (χ0v) is 9.35. The molecule has 3 N–H and O–H groups in total. The van der Waals surface area contributed by atoms with Gasteiger partial charge in [-0.1, -0.05) is 18.2 Å². The van der Waals surface area contributed by atoms with Crippen molar-refractivity contribution in [2.45, 2.75) is 24.6 Å². The summed E-state index contributed by atoms with van der Waals surface area (Å²) < 4.78 is 38.8. The molecule has 1 aliphatic rings. The average molecular weight is 244 g/mol. The first-order valence-electron chi connectivity index (χ1n) is 5.61. The number of benzene rings is 1. The molecule has 0 amide bonds. The number of halogens is 3. The van der Waals surface area contributed by atoms with E-state index < -0.39 is 17.3 Å². The molecule has 1 saturated heterocycles. The van der Waals surface area contributed by atoms with Gasteiger partial charge in [-0.05, 0) is 31.0 Å². The summed E-state index contributed by atoms with van der Waals surface area (Å²) in [5.41, 5.74) is 4.65. The summed E-state index contributed by atoms with van der Waals surface area (Å²) in [4.78, 5) is 0. The van der Waals surface area contributed by atoms with Crippen molar-refractivity contribution in [3.63, 3.8) is 0 Å². The van der Waals surface area contributed by atoms with E-state index in [0.29, 0.717) is 13.0 Å². The van der Waals surface area contributed by atoms with Gasteiger partial charge in [0, 0.05) is 6.54 Å². The number of alkyl halides is 3. The average Bonchev–Trinajstić information content (AvgIpc) is 2.78. The van der Waals surface area contributed by atoms with E-state index in [1.807, 2.05) is 0 Å². The van der Waals surface area contributed by atoms with Gasteiger partial charge in [0.15, 0.2) is 0 Å². The Morgan fingerprint density at radius 2 is 2.00 bits per heavy atom. The van der Waals surface area contributed by atoms with Gasteiger partial charge in [0.05, 0.1) is 11.1 Å². The van der Waals surface area contributed by atoms with Crippen LogP contribution < -0.4 is 11.1 Å². The molecule has 94 valence electrons. The predicted octanol–water partition coefficient (Wildman–Crippen LogP) is 2.24. The molecular weight excluding hydrogens is 229 g/mol. The fourth-order valence-electron chi connectivity index (χ4n) is 2.47. The number of hydrogen-bond acceptors (Lipinski definition) is 2. The van der Waals surface area contributed by atoms with Gasteiger partial charge in [0.1, 0.15) is 0 Å². The fraction of sp³-hybridized carbons (Fsp3) is 0.500. The van der Waals surface area contributed by atoms with E-state index in [2.05, 4.69) is 5.32 Å². The Bertz CT molecular complexity index is 395. The Morgan fingerprint density at radius 3 is 2.53 bits per heavy atom. The highest BCUT2D eigenvalue weighted by Crippen LogP contribution is 2.39. The number of hydrogen-bond donors (Lipinski definition) is 2. The van der Waals surface area contributed by atoms with Crippen molar-refractivity contribution in [1.82, 2.24) is 5.32 Å². The van der Waals surface area contributed by atoms with Crippen LogP contribution in [-0.4, -0.2) is 13.1 Å². The highest BCUT2D eigenvalue weighted by atomic mass is 19.4. The second-order valence-electron chi connectivity index (χ2n) is 4.36. The van der Waals surface area contributed by atoms with E-state index in [9.17, 15) is 13.2 Å². The predicted molar refractivity (Wildman–Crippen MR) is 59.4 cm³/mol. The Labute approximate surface area is 98.0 Å². The molecule has 1 fully saturated rings. The summed E-state index contributed by atoms with van der Waals surface area (Å²) in [5.74, 6) is 0. The normalized spacial score (nSPS) is 25.2. The fourth-order valence-corrected chi connectivity index (χ4v) is 2.47. The molecule has 17 heavy (non-hydrogen) atoms. The lowest BCUT2D eigenvalue weighted by Gasteiger charge is -2.31. The molecule has 1 atom stereocenters. The van der Waals surface area contributed by atoms with Crippen LogP contribution in [0.5, 0.6) is 0 Å². The second-order valence-corrected chi connectivity index (χ2v) is 4.36. The van der Waals surface area contributed by atoms with Crippen molar-refractivity contribution < 1.29 is 13.2 Å². The molecule has 1 aliphatic heterocycles. The van der Waals surface area contributed by atoms with Gasteiger partial charge in [-0.15, -0.1) is 0 Å². The summed E-state index contributed by atoms with van der Waals surface area (Å²) in [6.45, 7) is 0.892. The smallest absolute Gasteiger partial charge is 0.328 e. The van der Waals surface area contributed by atoms with Crippen LogP contribution in [0, 0.1) is 0 Å². The summed E-state index contributed by atoms with van der Waals surface area (Å²) in [6, 6.07) is 5.67. The molecule has 0 spiro atoms. The van der Waals surface area contributed by atoms with E-state index in [-0.39, 0.29) is 12.1 Å². The van der Waals surface area contributed by atoms with Gasteiger partial charge in [-0.3, -0.25) is 0 Å². The Kier molecular flexibility index (Phi) is 3.14. The van der Waals surface area contributed by atoms with Crippen LogP contribution in [0.3, 0.4) is 0 Å². The maximum atomic E-state index is 12.9. The SMILES string of the molecule is NCC1(c2ccccc2C(F)(F)F)CCCN1. The third kappa shape index (κ3) is 2.17. The minimum atomic E-state index is -4.33. The third-order valence-electron chi connectivity index (χ3n) is 3.34. The Morgan fingerprint density at radius 1 is 1.29 bits per heavy atom. The van der Waals surface area contributed by atoms with Gasteiger partial charge >= 0.3 is 6.18 Å². The minimum absolute atomic E-state index is 0.181. The molecule has 5 heteroatoms. The van der Waals surface area contributed by atoms with Gasteiger partial charge in [0.2, 0.25) is 0 Å². The van der Waals surface area contributed by atoms with E-state index in [1.165, 1.54) is 12.1 Å². The first kappa shape index (κ1) is 12.4. The molecule has 2 rings (SSSR count). The molecule has 0 saturated carbocycles. The van der Waals surface area contributed by atoms with E-state index in [0.717, 1.165) is 12.5 Å². The summed E-state index contributed by atoms with van der Waals surface area (Å²) >= 11 is 0. The van der Waals surface area contributed by atoms with E-state index in [1.54, 1.807) is 6.07 Å². The van der Waals surface area contributed by atoms with Gasteiger partial charge < -0.3 is 11.1 Å². The number of rotatable bonds is 2. The van der Waals surface area contributed by atoms with Gasteiger partial charge in [0.25, 0.3) is 0 Å². The minimum Gasteiger partial charge on any atom is -0.328 e. The second kappa shape index (κ2) is 4.31.